The third-order valence-corrected chi connectivity index (χ3v) is 4.54. The van der Waals surface area contributed by atoms with Crippen LogP contribution in [0.3, 0.4) is 0 Å². The lowest BCUT2D eigenvalue weighted by molar-refractivity contribution is 0.123. The summed E-state index contributed by atoms with van der Waals surface area (Å²) >= 11 is 0. The first-order chi connectivity index (χ1) is 12.6. The number of benzene rings is 1. The molecule has 0 radical (unpaired) electrons. The predicted molar refractivity (Wildman–Crippen MR) is 103 cm³/mol. The molecule has 1 saturated heterocycles. The van der Waals surface area contributed by atoms with Crippen LogP contribution in [0, 0.1) is 6.92 Å². The average Bonchev–Trinajstić information content (AvgIpc) is 3.15. The Labute approximate surface area is 152 Å². The molecule has 7 nitrogen and oxygen atoms in total. The minimum Gasteiger partial charge on any atom is -0.394 e. The summed E-state index contributed by atoms with van der Waals surface area (Å²) in [4.78, 5) is 6.59. The molecular formula is C19H22N6O. The molecule has 2 aromatic heterocycles. The number of nitrogen functional groups attached to an aromatic ring is 2. The van der Waals surface area contributed by atoms with Crippen molar-refractivity contribution in [3.8, 4) is 17.1 Å². The zero-order chi connectivity index (χ0) is 18.1. The van der Waals surface area contributed by atoms with E-state index in [1.165, 1.54) is 5.56 Å². The van der Waals surface area contributed by atoms with Crippen LogP contribution in [0.25, 0.3) is 17.1 Å². The molecule has 4 N–H and O–H groups in total. The zero-order valence-electron chi connectivity index (χ0n) is 14.7. The predicted octanol–water partition coefficient (Wildman–Crippen LogP) is 2.24. The number of rotatable bonds is 3. The van der Waals surface area contributed by atoms with Crippen LogP contribution in [0.15, 0.2) is 42.6 Å². The lowest BCUT2D eigenvalue weighted by Gasteiger charge is -2.30. The van der Waals surface area contributed by atoms with Crippen molar-refractivity contribution in [2.24, 2.45) is 0 Å². The molecule has 0 unspecified atom stereocenters. The van der Waals surface area contributed by atoms with Gasteiger partial charge in [-0.2, -0.15) is 5.10 Å². The van der Waals surface area contributed by atoms with Gasteiger partial charge in [-0.15, -0.1) is 0 Å². The van der Waals surface area contributed by atoms with Crippen molar-refractivity contribution in [3.05, 3.63) is 48.2 Å². The van der Waals surface area contributed by atoms with Crippen LogP contribution in [-0.2, 0) is 4.74 Å². The van der Waals surface area contributed by atoms with E-state index >= 15 is 0 Å². The van der Waals surface area contributed by atoms with Gasteiger partial charge in [-0.05, 0) is 19.1 Å². The van der Waals surface area contributed by atoms with E-state index < -0.39 is 0 Å². The topological polar surface area (TPSA) is 95.2 Å². The minimum atomic E-state index is 0.316. The molecule has 1 aromatic carbocycles. The second-order valence-electron chi connectivity index (χ2n) is 6.41. The van der Waals surface area contributed by atoms with Gasteiger partial charge >= 0.3 is 0 Å². The number of ether oxygens (including phenoxy) is 1. The highest BCUT2D eigenvalue weighted by Crippen LogP contribution is 2.30. The molecule has 7 heteroatoms. The molecule has 1 fully saturated rings. The standard InChI is InChI=1S/C19H22N6O/c1-13-3-2-4-14(11-13)15-5-6-25(23-15)17-12-16(18(20)19(21)22-17)24-7-9-26-10-8-24/h2-6,11-12H,7-10,20H2,1H3,(H2,21,22). The number of nitrogens with two attached hydrogens (primary N) is 2. The smallest absolute Gasteiger partial charge is 0.157 e. The largest absolute Gasteiger partial charge is 0.394 e. The Kier molecular flexibility index (Phi) is 4.22. The molecule has 26 heavy (non-hydrogen) atoms. The van der Waals surface area contributed by atoms with Crippen LogP contribution >= 0.6 is 0 Å². The Morgan fingerprint density at radius 1 is 1.08 bits per heavy atom. The average molecular weight is 350 g/mol. The molecular weight excluding hydrogens is 328 g/mol. The van der Waals surface area contributed by atoms with E-state index in [2.05, 4.69) is 34.0 Å². The summed E-state index contributed by atoms with van der Waals surface area (Å²) in [5, 5.41) is 4.66. The first kappa shape index (κ1) is 16.4. The zero-order valence-corrected chi connectivity index (χ0v) is 14.7. The van der Waals surface area contributed by atoms with Crippen molar-refractivity contribution in [1.29, 1.82) is 0 Å². The second kappa shape index (κ2) is 6.68. The highest BCUT2D eigenvalue weighted by Gasteiger charge is 2.18. The molecule has 0 spiro atoms. The Hall–Kier alpha value is -3.06. The van der Waals surface area contributed by atoms with Crippen molar-refractivity contribution in [1.82, 2.24) is 14.8 Å². The van der Waals surface area contributed by atoms with Crippen molar-refractivity contribution in [2.75, 3.05) is 42.7 Å². The van der Waals surface area contributed by atoms with Gasteiger partial charge in [-0.1, -0.05) is 23.8 Å². The first-order valence-electron chi connectivity index (χ1n) is 8.63. The van der Waals surface area contributed by atoms with Gasteiger partial charge in [0, 0.05) is 30.9 Å². The molecule has 1 aliphatic heterocycles. The van der Waals surface area contributed by atoms with E-state index in [9.17, 15) is 0 Å². The van der Waals surface area contributed by atoms with E-state index in [1.54, 1.807) is 4.68 Å². The normalized spacial score (nSPS) is 14.6. The fraction of sp³-hybridized carbons (Fsp3) is 0.263. The maximum atomic E-state index is 6.17. The first-order valence-corrected chi connectivity index (χ1v) is 8.63. The van der Waals surface area contributed by atoms with Crippen LogP contribution in [0.1, 0.15) is 5.56 Å². The van der Waals surface area contributed by atoms with E-state index in [1.807, 2.05) is 30.5 Å². The summed E-state index contributed by atoms with van der Waals surface area (Å²) in [6, 6.07) is 12.2. The molecule has 0 amide bonds. The van der Waals surface area contributed by atoms with E-state index in [-0.39, 0.29) is 0 Å². The number of morpholine rings is 1. The SMILES string of the molecule is Cc1cccc(-c2ccn(-c3cc(N4CCOCC4)c(N)c(N)n3)n2)c1. The van der Waals surface area contributed by atoms with Crippen molar-refractivity contribution >= 4 is 17.2 Å². The number of aromatic nitrogens is 3. The van der Waals surface area contributed by atoms with E-state index in [0.29, 0.717) is 30.5 Å². The third kappa shape index (κ3) is 3.09. The van der Waals surface area contributed by atoms with Crippen LogP contribution in [0.5, 0.6) is 0 Å². The molecule has 1 aliphatic rings. The van der Waals surface area contributed by atoms with E-state index in [0.717, 1.165) is 30.0 Å². The van der Waals surface area contributed by atoms with Gasteiger partial charge in [0.2, 0.25) is 0 Å². The second-order valence-corrected chi connectivity index (χ2v) is 6.41. The van der Waals surface area contributed by atoms with Gasteiger partial charge in [0.1, 0.15) is 0 Å². The van der Waals surface area contributed by atoms with Gasteiger partial charge < -0.3 is 21.1 Å². The Balaban J connectivity index is 1.71. The van der Waals surface area contributed by atoms with Crippen LogP contribution in [0.2, 0.25) is 0 Å². The maximum absolute atomic E-state index is 6.17. The molecule has 134 valence electrons. The monoisotopic (exact) mass is 350 g/mol. The lowest BCUT2D eigenvalue weighted by atomic mass is 10.1. The highest BCUT2D eigenvalue weighted by atomic mass is 16.5. The van der Waals surface area contributed by atoms with Gasteiger partial charge in [-0.3, -0.25) is 0 Å². The Morgan fingerprint density at radius 2 is 1.88 bits per heavy atom. The number of nitrogens with zero attached hydrogens (tertiary/aromatic N) is 4. The van der Waals surface area contributed by atoms with Crippen LogP contribution < -0.4 is 16.4 Å². The van der Waals surface area contributed by atoms with Gasteiger partial charge in [0.25, 0.3) is 0 Å². The molecule has 3 aromatic rings. The number of pyridine rings is 1. The molecule has 4 rings (SSSR count). The number of aryl methyl sites for hydroxylation is 1. The summed E-state index contributed by atoms with van der Waals surface area (Å²) in [5.74, 6) is 0.966. The summed E-state index contributed by atoms with van der Waals surface area (Å²) in [5.41, 5.74) is 16.8. The maximum Gasteiger partial charge on any atom is 0.157 e. The summed E-state index contributed by atoms with van der Waals surface area (Å²) in [7, 11) is 0. The summed E-state index contributed by atoms with van der Waals surface area (Å²) < 4.78 is 7.15. The Morgan fingerprint density at radius 3 is 2.65 bits per heavy atom. The van der Waals surface area contributed by atoms with Crippen molar-refractivity contribution in [2.45, 2.75) is 6.92 Å². The van der Waals surface area contributed by atoms with Crippen molar-refractivity contribution < 1.29 is 4.74 Å². The highest BCUT2D eigenvalue weighted by molar-refractivity contribution is 5.79. The molecule has 0 atom stereocenters. The van der Waals surface area contributed by atoms with Gasteiger partial charge in [0.15, 0.2) is 11.6 Å². The summed E-state index contributed by atoms with van der Waals surface area (Å²) in [6.07, 6.45) is 1.89. The lowest BCUT2D eigenvalue weighted by Crippen LogP contribution is -2.37. The molecule has 0 aliphatic carbocycles. The quantitative estimate of drug-likeness (QED) is 0.752. The van der Waals surface area contributed by atoms with Crippen LogP contribution in [0.4, 0.5) is 17.2 Å². The van der Waals surface area contributed by atoms with Crippen LogP contribution in [-0.4, -0.2) is 41.1 Å². The summed E-state index contributed by atoms with van der Waals surface area (Å²) in [6.45, 7) is 4.98. The Bertz CT molecular complexity index is 930. The molecule has 3 heterocycles. The fourth-order valence-electron chi connectivity index (χ4n) is 3.14. The number of hydrogen-bond acceptors (Lipinski definition) is 6. The van der Waals surface area contributed by atoms with Gasteiger partial charge in [-0.25, -0.2) is 9.67 Å². The van der Waals surface area contributed by atoms with Crippen molar-refractivity contribution in [3.63, 3.8) is 0 Å². The molecule has 0 saturated carbocycles. The molecule has 0 bridgehead atoms. The number of anilines is 3. The number of hydrogen-bond donors (Lipinski definition) is 2. The van der Waals surface area contributed by atoms with Gasteiger partial charge in [0.05, 0.1) is 30.3 Å². The fourth-order valence-corrected chi connectivity index (χ4v) is 3.14. The minimum absolute atomic E-state index is 0.316. The third-order valence-electron chi connectivity index (χ3n) is 4.54. The van der Waals surface area contributed by atoms with E-state index in [4.69, 9.17) is 16.2 Å².